The number of hydrogen-bond donors (Lipinski definition) is 2. The number of rotatable bonds is 5. The molecule has 0 bridgehead atoms. The summed E-state index contributed by atoms with van der Waals surface area (Å²) >= 11 is 0. The van der Waals surface area contributed by atoms with Gasteiger partial charge in [0, 0.05) is 25.0 Å². The quantitative estimate of drug-likeness (QED) is 0.682. The van der Waals surface area contributed by atoms with Crippen LogP contribution in [-0.2, 0) is 0 Å². The van der Waals surface area contributed by atoms with E-state index in [4.69, 9.17) is 5.73 Å². The van der Waals surface area contributed by atoms with E-state index in [0.29, 0.717) is 6.54 Å². The SMILES string of the molecule is Cl.Cl.N[C@H]1CCCN(CC(c2cccc(OC(F)(F)F)c2)C2CCCCC2O)C1. The van der Waals surface area contributed by atoms with Gasteiger partial charge in [-0.3, -0.25) is 0 Å². The zero-order chi connectivity index (χ0) is 19.4. The average molecular weight is 459 g/mol. The van der Waals surface area contributed by atoms with Crippen molar-refractivity contribution >= 4 is 24.8 Å². The number of aliphatic hydroxyl groups is 1. The van der Waals surface area contributed by atoms with E-state index in [1.54, 1.807) is 6.07 Å². The molecule has 2 aliphatic rings. The van der Waals surface area contributed by atoms with Gasteiger partial charge < -0.3 is 20.5 Å². The molecule has 3 rings (SSSR count). The molecule has 1 saturated carbocycles. The van der Waals surface area contributed by atoms with Gasteiger partial charge in [-0.25, -0.2) is 0 Å². The zero-order valence-corrected chi connectivity index (χ0v) is 17.9. The minimum Gasteiger partial charge on any atom is -0.406 e. The highest BCUT2D eigenvalue weighted by atomic mass is 35.5. The molecule has 29 heavy (non-hydrogen) atoms. The third kappa shape index (κ3) is 7.79. The van der Waals surface area contributed by atoms with Gasteiger partial charge in [-0.1, -0.05) is 25.0 Å². The molecule has 3 unspecified atom stereocenters. The Kier molecular flexibility index (Phi) is 10.5. The fourth-order valence-corrected chi connectivity index (χ4v) is 4.57. The van der Waals surface area contributed by atoms with Gasteiger partial charge in [0.05, 0.1) is 6.10 Å². The maximum Gasteiger partial charge on any atom is 0.573 e. The van der Waals surface area contributed by atoms with Gasteiger partial charge in [-0.2, -0.15) is 0 Å². The first-order chi connectivity index (χ1) is 12.8. The van der Waals surface area contributed by atoms with E-state index in [2.05, 4.69) is 9.64 Å². The first kappa shape index (κ1) is 26.3. The molecule has 0 spiro atoms. The Morgan fingerprint density at radius 1 is 1.14 bits per heavy atom. The summed E-state index contributed by atoms with van der Waals surface area (Å²) in [5.41, 5.74) is 6.90. The van der Waals surface area contributed by atoms with Crippen LogP contribution in [0, 0.1) is 5.92 Å². The van der Waals surface area contributed by atoms with Gasteiger partial charge in [-0.15, -0.1) is 38.0 Å². The summed E-state index contributed by atoms with van der Waals surface area (Å²) in [5, 5.41) is 10.6. The van der Waals surface area contributed by atoms with E-state index in [1.165, 1.54) is 12.1 Å². The number of likely N-dealkylation sites (tertiary alicyclic amines) is 1. The summed E-state index contributed by atoms with van der Waals surface area (Å²) in [7, 11) is 0. The highest BCUT2D eigenvalue weighted by Crippen LogP contribution is 2.38. The van der Waals surface area contributed by atoms with Gasteiger partial charge >= 0.3 is 6.36 Å². The molecular weight excluding hydrogens is 428 g/mol. The van der Waals surface area contributed by atoms with Crippen LogP contribution in [0.4, 0.5) is 13.2 Å². The molecule has 168 valence electrons. The molecule has 1 aliphatic carbocycles. The van der Waals surface area contributed by atoms with Crippen LogP contribution in [-0.4, -0.2) is 48.1 Å². The van der Waals surface area contributed by atoms with Crippen molar-refractivity contribution in [3.05, 3.63) is 29.8 Å². The van der Waals surface area contributed by atoms with Gasteiger partial charge in [0.2, 0.25) is 0 Å². The number of piperidine rings is 1. The maximum absolute atomic E-state index is 12.6. The molecule has 1 aromatic carbocycles. The van der Waals surface area contributed by atoms with Crippen LogP contribution in [0.25, 0.3) is 0 Å². The Morgan fingerprint density at radius 3 is 2.52 bits per heavy atom. The molecule has 0 amide bonds. The molecular formula is C20H31Cl2F3N2O2. The summed E-state index contributed by atoms with van der Waals surface area (Å²) in [4.78, 5) is 2.29. The number of nitrogens with two attached hydrogens (primary N) is 1. The fourth-order valence-electron chi connectivity index (χ4n) is 4.57. The van der Waals surface area contributed by atoms with Crippen LogP contribution in [0.15, 0.2) is 24.3 Å². The van der Waals surface area contributed by atoms with Gasteiger partial charge in [0.15, 0.2) is 0 Å². The van der Waals surface area contributed by atoms with Crippen LogP contribution in [0.3, 0.4) is 0 Å². The van der Waals surface area contributed by atoms with Crippen LogP contribution in [0.5, 0.6) is 5.75 Å². The van der Waals surface area contributed by atoms with Crippen LogP contribution < -0.4 is 10.5 Å². The van der Waals surface area contributed by atoms with Crippen LogP contribution in [0.1, 0.15) is 50.0 Å². The smallest absolute Gasteiger partial charge is 0.406 e. The second kappa shape index (κ2) is 11.6. The lowest BCUT2D eigenvalue weighted by atomic mass is 9.74. The molecule has 3 N–H and O–H groups in total. The first-order valence-corrected chi connectivity index (χ1v) is 9.83. The number of aliphatic hydroxyl groups excluding tert-OH is 1. The van der Waals surface area contributed by atoms with Crippen molar-refractivity contribution in [2.45, 2.75) is 63.0 Å². The van der Waals surface area contributed by atoms with E-state index >= 15 is 0 Å². The third-order valence-corrected chi connectivity index (χ3v) is 5.82. The summed E-state index contributed by atoms with van der Waals surface area (Å²) < 4.78 is 42.0. The molecule has 1 aromatic rings. The monoisotopic (exact) mass is 458 g/mol. The predicted molar refractivity (Wildman–Crippen MR) is 112 cm³/mol. The highest BCUT2D eigenvalue weighted by Gasteiger charge is 2.35. The lowest BCUT2D eigenvalue weighted by molar-refractivity contribution is -0.274. The summed E-state index contributed by atoms with van der Waals surface area (Å²) in [6.45, 7) is 2.43. The lowest BCUT2D eigenvalue weighted by Gasteiger charge is -2.39. The van der Waals surface area contributed by atoms with Crippen molar-refractivity contribution in [2.24, 2.45) is 11.7 Å². The second-order valence-corrected chi connectivity index (χ2v) is 7.90. The van der Waals surface area contributed by atoms with Crippen molar-refractivity contribution < 1.29 is 23.0 Å². The molecule has 1 saturated heterocycles. The van der Waals surface area contributed by atoms with Crippen LogP contribution >= 0.6 is 24.8 Å². The van der Waals surface area contributed by atoms with Crippen molar-refractivity contribution in [1.82, 2.24) is 4.90 Å². The molecule has 1 heterocycles. The van der Waals surface area contributed by atoms with Crippen molar-refractivity contribution in [3.63, 3.8) is 0 Å². The van der Waals surface area contributed by atoms with Gasteiger partial charge in [0.25, 0.3) is 0 Å². The number of halogens is 5. The van der Waals surface area contributed by atoms with Crippen molar-refractivity contribution in [3.8, 4) is 5.75 Å². The number of hydrogen-bond acceptors (Lipinski definition) is 4. The molecule has 9 heteroatoms. The lowest BCUT2D eigenvalue weighted by Crippen LogP contribution is -2.46. The Bertz CT molecular complexity index is 622. The normalized spacial score (nSPS) is 26.7. The standard InChI is InChI=1S/C20H29F3N2O2.2ClH/c21-20(22,23)27-16-7-3-5-14(11-16)18(17-8-1-2-9-19(17)26)13-25-10-4-6-15(24)12-25;;/h3,5,7,11,15,17-19,26H,1-2,4,6,8-10,12-13,24H2;2*1H/t15-,17?,18?,19?;;/m0../s1. The molecule has 0 aromatic heterocycles. The average Bonchev–Trinajstić information content (AvgIpc) is 2.59. The first-order valence-electron chi connectivity index (χ1n) is 9.83. The fraction of sp³-hybridized carbons (Fsp3) is 0.700. The Labute approximate surface area is 182 Å². The minimum absolute atomic E-state index is 0. The summed E-state index contributed by atoms with van der Waals surface area (Å²) in [6.07, 6.45) is 0.565. The molecule has 0 radical (unpaired) electrons. The summed E-state index contributed by atoms with van der Waals surface area (Å²) in [5.74, 6) is -0.203. The number of ether oxygens (including phenoxy) is 1. The molecule has 4 atom stereocenters. The highest BCUT2D eigenvalue weighted by molar-refractivity contribution is 5.85. The number of alkyl halides is 3. The molecule has 2 fully saturated rings. The van der Waals surface area contributed by atoms with Crippen molar-refractivity contribution in [2.75, 3.05) is 19.6 Å². The van der Waals surface area contributed by atoms with E-state index in [1.807, 2.05) is 6.07 Å². The van der Waals surface area contributed by atoms with Crippen molar-refractivity contribution in [1.29, 1.82) is 0 Å². The van der Waals surface area contributed by atoms with E-state index in [0.717, 1.165) is 57.2 Å². The Morgan fingerprint density at radius 2 is 1.86 bits per heavy atom. The minimum atomic E-state index is -4.71. The Balaban J connectivity index is 0.00000210. The van der Waals surface area contributed by atoms with Gasteiger partial charge in [-0.05, 0) is 55.8 Å². The topological polar surface area (TPSA) is 58.7 Å². The number of benzene rings is 1. The molecule has 1 aliphatic heterocycles. The van der Waals surface area contributed by atoms with E-state index < -0.39 is 12.5 Å². The van der Waals surface area contributed by atoms with Crippen LogP contribution in [0.2, 0.25) is 0 Å². The third-order valence-electron chi connectivity index (χ3n) is 5.82. The van der Waals surface area contributed by atoms with E-state index in [-0.39, 0.29) is 48.4 Å². The second-order valence-electron chi connectivity index (χ2n) is 7.90. The predicted octanol–water partition coefficient (Wildman–Crippen LogP) is 4.49. The molecule has 4 nitrogen and oxygen atoms in total. The van der Waals surface area contributed by atoms with Gasteiger partial charge in [0.1, 0.15) is 5.75 Å². The zero-order valence-electron chi connectivity index (χ0n) is 16.3. The Hall–Kier alpha value is -0.730. The maximum atomic E-state index is 12.6. The summed E-state index contributed by atoms with van der Waals surface area (Å²) in [6, 6.07) is 6.38. The largest absolute Gasteiger partial charge is 0.573 e. The number of nitrogens with zero attached hydrogens (tertiary/aromatic N) is 1. The van der Waals surface area contributed by atoms with E-state index in [9.17, 15) is 18.3 Å².